The van der Waals surface area contributed by atoms with E-state index < -0.39 is 0 Å². The van der Waals surface area contributed by atoms with Gasteiger partial charge in [-0.25, -0.2) is 0 Å². The molecule has 0 aliphatic carbocycles. The first-order valence-corrected chi connectivity index (χ1v) is 5.27. The molecule has 0 amide bonds. The maximum atomic E-state index is 5.45. The van der Waals surface area contributed by atoms with Crippen molar-refractivity contribution >= 4 is 0 Å². The fourth-order valence-corrected chi connectivity index (χ4v) is 1.36. The Morgan fingerprint density at radius 1 is 1.56 bits per heavy atom. The fraction of sp³-hybridized carbons (Fsp3) is 0.700. The molecule has 6 heteroatoms. The third-order valence-electron chi connectivity index (χ3n) is 2.21. The second kappa shape index (κ2) is 7.34. The van der Waals surface area contributed by atoms with Gasteiger partial charge in [0, 0.05) is 26.8 Å². The van der Waals surface area contributed by atoms with E-state index in [1.54, 1.807) is 11.8 Å². The van der Waals surface area contributed by atoms with E-state index in [4.69, 9.17) is 15.3 Å². The highest BCUT2D eigenvalue weighted by Crippen LogP contribution is 2.00. The quantitative estimate of drug-likeness (QED) is 0.355. The minimum absolute atomic E-state index is 0.0757. The molecular weight excluding hydrogens is 208 g/mol. The van der Waals surface area contributed by atoms with Crippen molar-refractivity contribution in [2.45, 2.75) is 12.5 Å². The van der Waals surface area contributed by atoms with Crippen LogP contribution in [-0.4, -0.2) is 42.8 Å². The lowest BCUT2D eigenvalue weighted by molar-refractivity contribution is 0.0586. The van der Waals surface area contributed by atoms with Crippen LogP contribution in [0.3, 0.4) is 0 Å². The zero-order valence-electron chi connectivity index (χ0n) is 9.85. The number of nitrogens with zero attached hydrogens (tertiary/aromatic N) is 2. The fourth-order valence-electron chi connectivity index (χ4n) is 1.36. The Kier molecular flexibility index (Phi) is 6.02. The highest BCUT2D eigenvalue weighted by molar-refractivity contribution is 5.01. The van der Waals surface area contributed by atoms with Crippen molar-refractivity contribution in [3.05, 3.63) is 18.0 Å². The molecule has 6 nitrogen and oxygen atoms in total. The Morgan fingerprint density at radius 3 is 2.94 bits per heavy atom. The van der Waals surface area contributed by atoms with Crippen LogP contribution in [0.2, 0.25) is 0 Å². The Hall–Kier alpha value is -0.950. The van der Waals surface area contributed by atoms with Gasteiger partial charge >= 0.3 is 0 Å². The molecule has 0 saturated heterocycles. The molecule has 1 rings (SSSR count). The van der Waals surface area contributed by atoms with Crippen molar-refractivity contribution in [1.82, 2.24) is 15.2 Å². The van der Waals surface area contributed by atoms with E-state index in [0.29, 0.717) is 19.8 Å². The first kappa shape index (κ1) is 13.1. The number of aryl methyl sites for hydroxylation is 1. The highest BCUT2D eigenvalue weighted by atomic mass is 16.5. The molecule has 0 spiro atoms. The topological polar surface area (TPSA) is 74.3 Å². The van der Waals surface area contributed by atoms with Gasteiger partial charge in [-0.15, -0.1) is 0 Å². The zero-order valence-corrected chi connectivity index (χ0v) is 9.85. The summed E-state index contributed by atoms with van der Waals surface area (Å²) in [6.07, 6.45) is 2.67. The van der Waals surface area contributed by atoms with Gasteiger partial charge in [-0.1, -0.05) is 0 Å². The van der Waals surface area contributed by atoms with E-state index >= 15 is 0 Å². The third-order valence-corrected chi connectivity index (χ3v) is 2.21. The van der Waals surface area contributed by atoms with Crippen LogP contribution >= 0.6 is 0 Å². The Labute approximate surface area is 95.7 Å². The minimum Gasteiger partial charge on any atom is -0.382 e. The smallest absolute Gasteiger partial charge is 0.0701 e. The third kappa shape index (κ3) is 4.71. The number of hydrogen-bond acceptors (Lipinski definition) is 5. The van der Waals surface area contributed by atoms with Crippen LogP contribution in [0.4, 0.5) is 0 Å². The van der Waals surface area contributed by atoms with E-state index in [2.05, 4.69) is 10.5 Å². The van der Waals surface area contributed by atoms with Gasteiger partial charge in [-0.2, -0.15) is 5.10 Å². The molecule has 0 aliphatic rings. The van der Waals surface area contributed by atoms with Crippen molar-refractivity contribution in [3.8, 4) is 0 Å². The molecular formula is C10H20N4O2. The van der Waals surface area contributed by atoms with Gasteiger partial charge in [0.25, 0.3) is 0 Å². The molecule has 0 radical (unpaired) electrons. The summed E-state index contributed by atoms with van der Waals surface area (Å²) in [5.74, 6) is 5.45. The first-order chi connectivity index (χ1) is 7.76. The van der Waals surface area contributed by atoms with Crippen LogP contribution in [0.1, 0.15) is 5.69 Å². The van der Waals surface area contributed by atoms with Crippen LogP contribution in [0.15, 0.2) is 12.3 Å². The number of rotatable bonds is 8. The zero-order chi connectivity index (χ0) is 11.8. The summed E-state index contributed by atoms with van der Waals surface area (Å²) < 4.78 is 12.1. The predicted octanol–water partition coefficient (Wildman–Crippen LogP) is -0.542. The lowest BCUT2D eigenvalue weighted by Crippen LogP contribution is -2.40. The van der Waals surface area contributed by atoms with E-state index in [-0.39, 0.29) is 6.04 Å². The molecule has 1 heterocycles. The van der Waals surface area contributed by atoms with E-state index in [0.717, 1.165) is 12.1 Å². The highest BCUT2D eigenvalue weighted by Gasteiger charge is 2.09. The van der Waals surface area contributed by atoms with Gasteiger partial charge < -0.3 is 9.47 Å². The Morgan fingerprint density at radius 2 is 2.38 bits per heavy atom. The van der Waals surface area contributed by atoms with Gasteiger partial charge in [0.1, 0.15) is 0 Å². The van der Waals surface area contributed by atoms with E-state index in [1.165, 1.54) is 0 Å². The molecule has 1 aromatic rings. The summed E-state index contributed by atoms with van der Waals surface area (Å²) in [6, 6.07) is 2.05. The number of nitrogens with one attached hydrogen (secondary N) is 1. The van der Waals surface area contributed by atoms with Crippen LogP contribution in [-0.2, 0) is 22.9 Å². The molecule has 0 aliphatic heterocycles. The molecule has 0 saturated carbocycles. The number of aromatic nitrogens is 2. The Bertz CT molecular complexity index is 290. The van der Waals surface area contributed by atoms with Crippen molar-refractivity contribution in [2.24, 2.45) is 12.9 Å². The number of hydrazine groups is 1. The van der Waals surface area contributed by atoms with Gasteiger partial charge in [0.15, 0.2) is 0 Å². The molecule has 16 heavy (non-hydrogen) atoms. The monoisotopic (exact) mass is 228 g/mol. The lowest BCUT2D eigenvalue weighted by atomic mass is 10.2. The van der Waals surface area contributed by atoms with Crippen molar-refractivity contribution in [1.29, 1.82) is 0 Å². The summed E-state index contributed by atoms with van der Waals surface area (Å²) in [6.45, 7) is 1.73. The molecule has 0 aromatic carbocycles. The normalized spacial score (nSPS) is 12.9. The number of hydrogen-bond donors (Lipinski definition) is 2. The maximum absolute atomic E-state index is 5.45. The summed E-state index contributed by atoms with van der Waals surface area (Å²) in [5.41, 5.74) is 3.72. The predicted molar refractivity (Wildman–Crippen MR) is 60.7 cm³/mol. The van der Waals surface area contributed by atoms with E-state index in [1.807, 2.05) is 19.3 Å². The summed E-state index contributed by atoms with van der Waals surface area (Å²) in [7, 11) is 3.54. The maximum Gasteiger partial charge on any atom is 0.0701 e. The van der Waals surface area contributed by atoms with Gasteiger partial charge in [-0.05, 0) is 6.07 Å². The molecule has 1 unspecified atom stereocenters. The van der Waals surface area contributed by atoms with Crippen LogP contribution in [0, 0.1) is 0 Å². The summed E-state index contributed by atoms with van der Waals surface area (Å²) in [5, 5.41) is 4.28. The SMILES string of the molecule is COCCOCC(Cc1ccn(C)n1)NN. The average Bonchev–Trinajstić information content (AvgIpc) is 2.68. The van der Waals surface area contributed by atoms with Crippen molar-refractivity contribution in [3.63, 3.8) is 0 Å². The standard InChI is InChI=1S/C10H20N4O2/c1-14-4-3-9(13-14)7-10(12-11)8-16-6-5-15-2/h3-4,10,12H,5-8,11H2,1-2H3. The largest absolute Gasteiger partial charge is 0.382 e. The second-order valence-corrected chi connectivity index (χ2v) is 3.62. The Balaban J connectivity index is 2.26. The molecule has 1 aromatic heterocycles. The number of methoxy groups -OCH3 is 1. The lowest BCUT2D eigenvalue weighted by Gasteiger charge is -2.14. The molecule has 0 bridgehead atoms. The van der Waals surface area contributed by atoms with Crippen LogP contribution < -0.4 is 11.3 Å². The summed E-state index contributed by atoms with van der Waals surface area (Å²) in [4.78, 5) is 0. The van der Waals surface area contributed by atoms with Crippen molar-refractivity contribution < 1.29 is 9.47 Å². The first-order valence-electron chi connectivity index (χ1n) is 5.27. The molecule has 92 valence electrons. The average molecular weight is 228 g/mol. The van der Waals surface area contributed by atoms with Crippen LogP contribution in [0.25, 0.3) is 0 Å². The number of nitrogens with two attached hydrogens (primary N) is 1. The van der Waals surface area contributed by atoms with Gasteiger partial charge in [0.2, 0.25) is 0 Å². The van der Waals surface area contributed by atoms with E-state index in [9.17, 15) is 0 Å². The molecule has 3 N–H and O–H groups in total. The van der Waals surface area contributed by atoms with Crippen molar-refractivity contribution in [2.75, 3.05) is 26.9 Å². The summed E-state index contributed by atoms with van der Waals surface area (Å²) >= 11 is 0. The van der Waals surface area contributed by atoms with Gasteiger partial charge in [0.05, 0.1) is 31.6 Å². The molecule has 1 atom stereocenters. The molecule has 0 fully saturated rings. The second-order valence-electron chi connectivity index (χ2n) is 3.62. The van der Waals surface area contributed by atoms with Crippen LogP contribution in [0.5, 0.6) is 0 Å². The number of ether oxygens (including phenoxy) is 2. The van der Waals surface area contributed by atoms with Gasteiger partial charge in [-0.3, -0.25) is 16.0 Å². The minimum atomic E-state index is 0.0757.